The highest BCUT2D eigenvalue weighted by Crippen LogP contribution is 2.18. The van der Waals surface area contributed by atoms with Crippen molar-refractivity contribution in [3.05, 3.63) is 57.5 Å². The van der Waals surface area contributed by atoms with Crippen molar-refractivity contribution in [1.82, 2.24) is 4.98 Å². The number of nitrogens with one attached hydrogen (secondary N) is 1. The molecule has 1 aromatic carbocycles. The van der Waals surface area contributed by atoms with Gasteiger partial charge in [-0.2, -0.15) is 4.39 Å². The molecule has 0 bridgehead atoms. The fourth-order valence-electron chi connectivity index (χ4n) is 1.55. The van der Waals surface area contributed by atoms with Gasteiger partial charge in [0.25, 0.3) is 0 Å². The maximum atomic E-state index is 12.9. The van der Waals surface area contributed by atoms with Gasteiger partial charge < -0.3 is 5.32 Å². The largest absolute Gasteiger partial charge is 0.363 e. The molecule has 0 aliphatic rings. The lowest BCUT2D eigenvalue weighted by molar-refractivity contribution is 0.584. The fraction of sp³-hybridized carbons (Fsp3) is 0.154. The molecule has 2 aromatic rings. The lowest BCUT2D eigenvalue weighted by Crippen LogP contribution is -2.08. The summed E-state index contributed by atoms with van der Waals surface area (Å²) in [6.07, 6.45) is 0. The van der Waals surface area contributed by atoms with Crippen molar-refractivity contribution >= 4 is 28.4 Å². The van der Waals surface area contributed by atoms with E-state index in [9.17, 15) is 4.39 Å². The van der Waals surface area contributed by atoms with Crippen molar-refractivity contribution in [3.8, 4) is 0 Å². The topological polar surface area (TPSA) is 24.9 Å². The molecule has 4 heteroatoms. The molecule has 0 fully saturated rings. The second kappa shape index (κ2) is 5.44. The van der Waals surface area contributed by atoms with Gasteiger partial charge in [-0.25, -0.2) is 4.98 Å². The van der Waals surface area contributed by atoms with E-state index in [1.807, 2.05) is 19.1 Å². The van der Waals surface area contributed by atoms with Gasteiger partial charge in [0.2, 0.25) is 5.95 Å². The first kappa shape index (κ1) is 12.3. The predicted octanol–water partition coefficient (Wildman–Crippen LogP) is 4.00. The van der Waals surface area contributed by atoms with Crippen LogP contribution >= 0.6 is 22.6 Å². The standard InChI is InChI=1S/C13H12FIN2/c1-9(10-5-7-11(15)8-6-10)16-13-4-2-3-12(14)17-13/h2-9H,1H3,(H,16,17). The Balaban J connectivity index is 2.11. The smallest absolute Gasteiger partial charge is 0.214 e. The summed E-state index contributed by atoms with van der Waals surface area (Å²) in [7, 11) is 0. The van der Waals surface area contributed by atoms with Gasteiger partial charge in [-0.1, -0.05) is 18.2 Å². The number of benzene rings is 1. The van der Waals surface area contributed by atoms with Crippen LogP contribution in [0.4, 0.5) is 10.2 Å². The maximum absolute atomic E-state index is 12.9. The van der Waals surface area contributed by atoms with E-state index in [1.165, 1.54) is 9.64 Å². The molecule has 2 rings (SSSR count). The molecule has 2 nitrogen and oxygen atoms in total. The third kappa shape index (κ3) is 3.39. The Kier molecular flexibility index (Phi) is 3.93. The number of hydrogen-bond donors (Lipinski definition) is 1. The third-order valence-corrected chi connectivity index (χ3v) is 3.17. The van der Waals surface area contributed by atoms with E-state index in [-0.39, 0.29) is 6.04 Å². The lowest BCUT2D eigenvalue weighted by Gasteiger charge is -2.14. The first-order valence-electron chi connectivity index (χ1n) is 5.30. The third-order valence-electron chi connectivity index (χ3n) is 2.45. The van der Waals surface area contributed by atoms with Crippen molar-refractivity contribution in [2.24, 2.45) is 0 Å². The summed E-state index contributed by atoms with van der Waals surface area (Å²) in [6.45, 7) is 2.02. The minimum Gasteiger partial charge on any atom is -0.363 e. The van der Waals surface area contributed by atoms with Crippen LogP contribution in [0.25, 0.3) is 0 Å². The van der Waals surface area contributed by atoms with Gasteiger partial charge in [-0.15, -0.1) is 0 Å². The van der Waals surface area contributed by atoms with E-state index in [0.717, 1.165) is 5.56 Å². The molecule has 1 N–H and O–H groups in total. The monoisotopic (exact) mass is 342 g/mol. The predicted molar refractivity (Wildman–Crippen MR) is 75.4 cm³/mol. The van der Waals surface area contributed by atoms with Gasteiger partial charge in [-0.3, -0.25) is 0 Å². The van der Waals surface area contributed by atoms with Crippen molar-refractivity contribution in [1.29, 1.82) is 0 Å². The summed E-state index contributed by atoms with van der Waals surface area (Å²) < 4.78 is 14.1. The first-order chi connectivity index (χ1) is 8.15. The van der Waals surface area contributed by atoms with E-state index in [4.69, 9.17) is 0 Å². The Morgan fingerprint density at radius 3 is 2.53 bits per heavy atom. The highest BCUT2D eigenvalue weighted by atomic mass is 127. The maximum Gasteiger partial charge on any atom is 0.214 e. The number of anilines is 1. The van der Waals surface area contributed by atoms with E-state index in [1.54, 1.807) is 12.1 Å². The van der Waals surface area contributed by atoms with E-state index >= 15 is 0 Å². The van der Waals surface area contributed by atoms with Crippen LogP contribution in [0.5, 0.6) is 0 Å². The summed E-state index contributed by atoms with van der Waals surface area (Å²) in [4.78, 5) is 3.78. The number of hydrogen-bond acceptors (Lipinski definition) is 2. The molecule has 0 aliphatic heterocycles. The average molecular weight is 342 g/mol. The molecule has 1 aromatic heterocycles. The molecule has 0 aliphatic carbocycles. The normalized spacial score (nSPS) is 12.2. The van der Waals surface area contributed by atoms with Gasteiger partial charge in [0.15, 0.2) is 0 Å². The van der Waals surface area contributed by atoms with Gasteiger partial charge in [0, 0.05) is 9.61 Å². The van der Waals surface area contributed by atoms with Crippen LogP contribution in [0.3, 0.4) is 0 Å². The molecule has 0 amide bonds. The molecule has 0 radical (unpaired) electrons. The SMILES string of the molecule is CC(Nc1cccc(F)n1)c1ccc(I)cc1. The van der Waals surface area contributed by atoms with Crippen LogP contribution in [0.15, 0.2) is 42.5 Å². The lowest BCUT2D eigenvalue weighted by atomic mass is 10.1. The van der Waals surface area contributed by atoms with Crippen LogP contribution in [-0.4, -0.2) is 4.98 Å². The molecule has 0 spiro atoms. The molecular formula is C13H12FIN2. The Morgan fingerprint density at radius 1 is 1.18 bits per heavy atom. The summed E-state index contributed by atoms with van der Waals surface area (Å²) in [6, 6.07) is 13.0. The number of rotatable bonds is 3. The molecule has 0 saturated heterocycles. The van der Waals surface area contributed by atoms with Crippen molar-refractivity contribution in [2.75, 3.05) is 5.32 Å². The van der Waals surface area contributed by atoms with Crippen LogP contribution < -0.4 is 5.32 Å². The summed E-state index contributed by atoms with van der Waals surface area (Å²) >= 11 is 2.27. The Labute approximate surface area is 113 Å². The second-order valence-electron chi connectivity index (χ2n) is 3.76. The van der Waals surface area contributed by atoms with Crippen molar-refractivity contribution in [2.45, 2.75) is 13.0 Å². The van der Waals surface area contributed by atoms with E-state index < -0.39 is 5.95 Å². The quantitative estimate of drug-likeness (QED) is 0.674. The molecule has 1 heterocycles. The van der Waals surface area contributed by atoms with Crippen LogP contribution in [0.1, 0.15) is 18.5 Å². The summed E-state index contributed by atoms with van der Waals surface area (Å²) in [5.74, 6) is 0.0841. The number of halogens is 2. The van der Waals surface area contributed by atoms with Crippen LogP contribution in [0, 0.1) is 9.52 Å². The van der Waals surface area contributed by atoms with Gasteiger partial charge in [0.1, 0.15) is 5.82 Å². The van der Waals surface area contributed by atoms with E-state index in [0.29, 0.717) is 5.82 Å². The second-order valence-corrected chi connectivity index (χ2v) is 5.01. The molecule has 1 atom stereocenters. The highest BCUT2D eigenvalue weighted by molar-refractivity contribution is 14.1. The minimum absolute atomic E-state index is 0.0984. The zero-order valence-corrected chi connectivity index (χ0v) is 11.5. The van der Waals surface area contributed by atoms with Gasteiger partial charge in [0.05, 0.1) is 0 Å². The number of pyridine rings is 1. The zero-order valence-electron chi connectivity index (χ0n) is 9.32. The van der Waals surface area contributed by atoms with E-state index in [2.05, 4.69) is 45.0 Å². The molecule has 1 unspecified atom stereocenters. The van der Waals surface area contributed by atoms with Gasteiger partial charge in [-0.05, 0) is 59.3 Å². The fourth-order valence-corrected chi connectivity index (χ4v) is 1.90. The summed E-state index contributed by atoms with van der Waals surface area (Å²) in [5.41, 5.74) is 1.15. The minimum atomic E-state index is -0.468. The van der Waals surface area contributed by atoms with Gasteiger partial charge >= 0.3 is 0 Å². The van der Waals surface area contributed by atoms with Crippen molar-refractivity contribution < 1.29 is 4.39 Å². The van der Waals surface area contributed by atoms with Crippen LogP contribution in [0.2, 0.25) is 0 Å². The van der Waals surface area contributed by atoms with Crippen LogP contribution in [-0.2, 0) is 0 Å². The summed E-state index contributed by atoms with van der Waals surface area (Å²) in [5, 5.41) is 3.16. The molecule has 88 valence electrons. The Morgan fingerprint density at radius 2 is 1.88 bits per heavy atom. The Bertz CT molecular complexity index is 499. The first-order valence-corrected chi connectivity index (χ1v) is 6.37. The molecule has 17 heavy (non-hydrogen) atoms. The molecule has 0 saturated carbocycles. The highest BCUT2D eigenvalue weighted by Gasteiger charge is 2.06. The van der Waals surface area contributed by atoms with Crippen molar-refractivity contribution in [3.63, 3.8) is 0 Å². The zero-order chi connectivity index (χ0) is 12.3. The average Bonchev–Trinajstić information content (AvgIpc) is 2.29. The number of nitrogens with zero attached hydrogens (tertiary/aromatic N) is 1. The number of aromatic nitrogens is 1. The molecular weight excluding hydrogens is 330 g/mol. The Hall–Kier alpha value is -1.17.